The Balaban J connectivity index is 1.58. The van der Waals surface area contributed by atoms with Gasteiger partial charge in [-0.3, -0.25) is 9.59 Å². The standard InChI is InChI=1S/C21H16ClNO5/c1-13(24)14-5-7-15(8-6-14)18-9-10-19(28-18)21(26)27-12-20(25)23-17-4-2-3-16(22)11-17/h2-11H,12H2,1H3,(H,23,25). The first kappa shape index (κ1) is 19.4. The SMILES string of the molecule is CC(=O)c1ccc(-c2ccc(C(=O)OCC(=O)Nc3cccc(Cl)c3)o2)cc1. The van der Waals surface area contributed by atoms with Gasteiger partial charge in [-0.15, -0.1) is 0 Å². The minimum Gasteiger partial charge on any atom is -0.450 e. The van der Waals surface area contributed by atoms with E-state index in [9.17, 15) is 14.4 Å². The van der Waals surface area contributed by atoms with Crippen molar-refractivity contribution in [2.45, 2.75) is 6.92 Å². The maximum Gasteiger partial charge on any atom is 0.374 e. The number of anilines is 1. The molecule has 0 aliphatic rings. The maximum absolute atomic E-state index is 12.1. The molecule has 0 saturated carbocycles. The molecule has 3 rings (SSSR count). The summed E-state index contributed by atoms with van der Waals surface area (Å²) in [7, 11) is 0. The topological polar surface area (TPSA) is 85.6 Å². The lowest BCUT2D eigenvalue weighted by Gasteiger charge is -2.06. The normalized spacial score (nSPS) is 10.4. The molecule has 0 spiro atoms. The number of nitrogens with one attached hydrogen (secondary N) is 1. The van der Waals surface area contributed by atoms with Gasteiger partial charge in [0.25, 0.3) is 5.91 Å². The maximum atomic E-state index is 12.1. The van der Waals surface area contributed by atoms with Crippen molar-refractivity contribution < 1.29 is 23.5 Å². The number of esters is 1. The van der Waals surface area contributed by atoms with Crippen molar-refractivity contribution in [3.63, 3.8) is 0 Å². The van der Waals surface area contributed by atoms with Crippen molar-refractivity contribution in [1.29, 1.82) is 0 Å². The first-order valence-electron chi connectivity index (χ1n) is 8.36. The predicted molar refractivity (Wildman–Crippen MR) is 105 cm³/mol. The summed E-state index contributed by atoms with van der Waals surface area (Å²) in [4.78, 5) is 35.3. The smallest absolute Gasteiger partial charge is 0.374 e. The number of ketones is 1. The molecule has 1 heterocycles. The highest BCUT2D eigenvalue weighted by molar-refractivity contribution is 6.30. The van der Waals surface area contributed by atoms with E-state index in [0.29, 0.717) is 27.6 Å². The second-order valence-electron chi connectivity index (χ2n) is 5.93. The number of halogens is 1. The molecule has 1 aromatic heterocycles. The molecular formula is C21H16ClNO5. The Bertz CT molecular complexity index is 1020. The number of carbonyl (C=O) groups excluding carboxylic acids is 3. The third kappa shape index (κ3) is 4.86. The molecule has 0 radical (unpaired) electrons. The number of benzene rings is 2. The van der Waals surface area contributed by atoms with E-state index in [-0.39, 0.29) is 11.5 Å². The van der Waals surface area contributed by atoms with Crippen LogP contribution in [0.25, 0.3) is 11.3 Å². The van der Waals surface area contributed by atoms with Gasteiger partial charge in [-0.25, -0.2) is 4.79 Å². The van der Waals surface area contributed by atoms with Crippen LogP contribution >= 0.6 is 11.6 Å². The summed E-state index contributed by atoms with van der Waals surface area (Å²) in [5.41, 5.74) is 1.80. The van der Waals surface area contributed by atoms with Gasteiger partial charge in [0.2, 0.25) is 5.76 Å². The second-order valence-corrected chi connectivity index (χ2v) is 6.37. The molecule has 2 aromatic carbocycles. The fourth-order valence-corrected chi connectivity index (χ4v) is 2.63. The molecule has 7 heteroatoms. The summed E-state index contributed by atoms with van der Waals surface area (Å²) in [5, 5.41) is 3.06. The van der Waals surface area contributed by atoms with Crippen molar-refractivity contribution in [1.82, 2.24) is 0 Å². The lowest BCUT2D eigenvalue weighted by atomic mass is 10.1. The van der Waals surface area contributed by atoms with Crippen LogP contribution < -0.4 is 5.32 Å². The van der Waals surface area contributed by atoms with Crippen molar-refractivity contribution in [2.75, 3.05) is 11.9 Å². The molecule has 0 bridgehead atoms. The number of ether oxygens (including phenoxy) is 1. The average molecular weight is 398 g/mol. The van der Waals surface area contributed by atoms with E-state index < -0.39 is 18.5 Å². The van der Waals surface area contributed by atoms with E-state index in [1.54, 1.807) is 54.6 Å². The number of Topliss-reactive ketones (excluding diaryl/α,β-unsaturated/α-hetero) is 1. The summed E-state index contributed by atoms with van der Waals surface area (Å²) in [6.07, 6.45) is 0. The quantitative estimate of drug-likeness (QED) is 0.485. The van der Waals surface area contributed by atoms with Crippen LogP contribution in [0.15, 0.2) is 65.1 Å². The van der Waals surface area contributed by atoms with Crippen molar-refractivity contribution in [2.24, 2.45) is 0 Å². The number of rotatable bonds is 6. The van der Waals surface area contributed by atoms with Gasteiger partial charge in [-0.1, -0.05) is 41.9 Å². The van der Waals surface area contributed by atoms with Crippen LogP contribution in [0.1, 0.15) is 27.8 Å². The molecule has 0 atom stereocenters. The zero-order valence-corrected chi connectivity index (χ0v) is 15.7. The van der Waals surface area contributed by atoms with Gasteiger partial charge in [-0.05, 0) is 37.3 Å². The Morgan fingerprint density at radius 2 is 1.79 bits per heavy atom. The number of furan rings is 1. The van der Waals surface area contributed by atoms with Gasteiger partial charge in [0.1, 0.15) is 5.76 Å². The number of hydrogen-bond donors (Lipinski definition) is 1. The Morgan fingerprint density at radius 1 is 1.04 bits per heavy atom. The minimum atomic E-state index is -0.757. The number of amides is 1. The lowest BCUT2D eigenvalue weighted by molar-refractivity contribution is -0.119. The first-order valence-corrected chi connectivity index (χ1v) is 8.74. The summed E-state index contributed by atoms with van der Waals surface area (Å²) >= 11 is 5.85. The van der Waals surface area contributed by atoms with Gasteiger partial charge in [0.15, 0.2) is 12.4 Å². The van der Waals surface area contributed by atoms with E-state index >= 15 is 0 Å². The van der Waals surface area contributed by atoms with Crippen LogP contribution in [-0.2, 0) is 9.53 Å². The first-order chi connectivity index (χ1) is 13.4. The van der Waals surface area contributed by atoms with E-state index in [4.69, 9.17) is 20.8 Å². The molecule has 142 valence electrons. The third-order valence-electron chi connectivity index (χ3n) is 3.83. The van der Waals surface area contributed by atoms with E-state index in [1.807, 2.05) is 0 Å². The highest BCUT2D eigenvalue weighted by atomic mass is 35.5. The molecule has 3 aromatic rings. The minimum absolute atomic E-state index is 0.0267. The Hall–Kier alpha value is -3.38. The van der Waals surface area contributed by atoms with Gasteiger partial charge in [-0.2, -0.15) is 0 Å². The Kier molecular flexibility index (Phi) is 5.91. The Labute approximate surface area is 166 Å². The van der Waals surface area contributed by atoms with Crippen LogP contribution in [0.4, 0.5) is 5.69 Å². The Morgan fingerprint density at radius 3 is 2.46 bits per heavy atom. The van der Waals surface area contributed by atoms with Crippen LogP contribution in [0, 0.1) is 0 Å². The molecule has 28 heavy (non-hydrogen) atoms. The number of hydrogen-bond acceptors (Lipinski definition) is 5. The highest BCUT2D eigenvalue weighted by Crippen LogP contribution is 2.23. The highest BCUT2D eigenvalue weighted by Gasteiger charge is 2.15. The molecule has 6 nitrogen and oxygen atoms in total. The monoisotopic (exact) mass is 397 g/mol. The third-order valence-corrected chi connectivity index (χ3v) is 4.06. The molecule has 1 amide bonds. The van der Waals surface area contributed by atoms with Crippen LogP contribution in [0.2, 0.25) is 5.02 Å². The van der Waals surface area contributed by atoms with E-state index in [0.717, 1.165) is 0 Å². The van der Waals surface area contributed by atoms with Gasteiger partial charge < -0.3 is 14.5 Å². The van der Waals surface area contributed by atoms with Crippen molar-refractivity contribution in [3.05, 3.63) is 77.0 Å². The lowest BCUT2D eigenvalue weighted by Crippen LogP contribution is -2.20. The zero-order chi connectivity index (χ0) is 20.1. The van der Waals surface area contributed by atoms with E-state index in [2.05, 4.69) is 5.32 Å². The van der Waals surface area contributed by atoms with E-state index in [1.165, 1.54) is 13.0 Å². The molecule has 0 saturated heterocycles. The van der Waals surface area contributed by atoms with Crippen LogP contribution in [0.5, 0.6) is 0 Å². The molecule has 0 unspecified atom stereocenters. The average Bonchev–Trinajstić information content (AvgIpc) is 3.16. The molecule has 0 aliphatic heterocycles. The number of carbonyl (C=O) groups is 3. The van der Waals surface area contributed by atoms with Crippen LogP contribution in [0.3, 0.4) is 0 Å². The van der Waals surface area contributed by atoms with Crippen LogP contribution in [-0.4, -0.2) is 24.3 Å². The second kappa shape index (κ2) is 8.54. The molecule has 0 fully saturated rings. The predicted octanol–water partition coefficient (Wildman–Crippen LogP) is 4.60. The zero-order valence-electron chi connectivity index (χ0n) is 14.9. The summed E-state index contributed by atoms with van der Waals surface area (Å²) in [5.74, 6) is -0.868. The van der Waals surface area contributed by atoms with Gasteiger partial charge in [0, 0.05) is 21.8 Å². The largest absolute Gasteiger partial charge is 0.450 e. The molecule has 0 aliphatic carbocycles. The summed E-state index contributed by atoms with van der Waals surface area (Å²) < 4.78 is 10.5. The van der Waals surface area contributed by atoms with Gasteiger partial charge >= 0.3 is 5.97 Å². The van der Waals surface area contributed by atoms with Crippen molar-refractivity contribution >= 4 is 34.9 Å². The fourth-order valence-electron chi connectivity index (χ4n) is 2.44. The fraction of sp³-hybridized carbons (Fsp3) is 0.0952. The summed E-state index contributed by atoms with van der Waals surface area (Å²) in [6.45, 7) is 1.02. The van der Waals surface area contributed by atoms with Crippen molar-refractivity contribution in [3.8, 4) is 11.3 Å². The van der Waals surface area contributed by atoms with Gasteiger partial charge in [0.05, 0.1) is 0 Å². The molecular weight excluding hydrogens is 382 g/mol. The molecule has 1 N–H and O–H groups in total. The summed E-state index contributed by atoms with van der Waals surface area (Å²) in [6, 6.07) is 16.5.